The second-order valence-electron chi connectivity index (χ2n) is 45.2. The van der Waals surface area contributed by atoms with Crippen molar-refractivity contribution in [3.63, 3.8) is 0 Å². The summed E-state index contributed by atoms with van der Waals surface area (Å²) in [4.78, 5) is 15.5. The minimum absolute atomic E-state index is 0.224. The predicted octanol–water partition coefficient (Wildman–Crippen LogP) is 35.9. The average molecular weight is 1920 g/mol. The molecule has 24 rings (SSSR count). The number of benzene rings is 16. The third kappa shape index (κ3) is 14.8. The van der Waals surface area contributed by atoms with E-state index < -0.39 is 32.3 Å². The molecule has 0 atom stereocenters. The largest absolute Gasteiger partial charge is 0.454 e. The Hall–Kier alpha value is -13.4. The highest BCUT2D eigenvalue weighted by Gasteiger charge is 2.51. The van der Waals surface area contributed by atoms with Crippen molar-refractivity contribution in [1.29, 1.82) is 0 Å². The van der Waals surface area contributed by atoms with Crippen LogP contribution in [0.25, 0.3) is 108 Å². The highest BCUT2D eigenvalue weighted by molar-refractivity contribution is 7.20. The molecule has 4 aliphatic rings. The summed E-state index contributed by atoms with van der Waals surface area (Å²) in [6.45, 7) is 48.7. The van der Waals surface area contributed by atoms with E-state index in [0.717, 1.165) is 78.0 Å². The van der Waals surface area contributed by atoms with Gasteiger partial charge in [0.25, 0.3) is 0 Å². The normalized spacial score (nSPS) is 14.4. The van der Waals surface area contributed by atoms with Gasteiger partial charge in [-0.1, -0.05) is 385 Å². The summed E-state index contributed by atoms with van der Waals surface area (Å²) in [7, 11) is -6.05. The molecule has 4 aliphatic carbocycles. The van der Waals surface area contributed by atoms with Crippen molar-refractivity contribution in [2.24, 2.45) is 0 Å². The van der Waals surface area contributed by atoms with Gasteiger partial charge in [0, 0.05) is 119 Å². The summed E-state index contributed by atoms with van der Waals surface area (Å²) in [5.74, 6) is 0. The highest BCUT2D eigenvalue weighted by Crippen LogP contribution is 2.68. The Balaban J connectivity index is 0.000000156. The van der Waals surface area contributed by atoms with E-state index >= 15 is 0 Å². The van der Waals surface area contributed by atoms with E-state index in [1.54, 1.807) is 0 Å². The van der Waals surface area contributed by atoms with Crippen LogP contribution in [-0.4, -0.2) is 32.3 Å². The molecule has 0 spiro atoms. The Labute approximate surface area is 837 Å². The summed E-state index contributed by atoms with van der Waals surface area (Å²) in [5, 5.41) is 10.3. The molecule has 692 valence electrons. The first-order valence-electron chi connectivity index (χ1n) is 49.7. The molecule has 0 radical (unpaired) electrons. The molecule has 6 nitrogen and oxygen atoms in total. The lowest BCUT2D eigenvalue weighted by Gasteiger charge is -2.32. The molecule has 4 aromatic heterocycles. The van der Waals surface area contributed by atoms with Crippen molar-refractivity contribution < 1.29 is 8.83 Å². The fourth-order valence-corrected chi connectivity index (χ4v) is 31.2. The second-order valence-corrected chi connectivity index (χ2v) is 67.6. The predicted molar refractivity (Wildman–Crippen MR) is 615 cm³/mol. The van der Waals surface area contributed by atoms with E-state index in [2.05, 4.69) is 518 Å². The highest BCUT2D eigenvalue weighted by atomic mass is 32.1. The third-order valence-electron chi connectivity index (χ3n) is 30.7. The van der Waals surface area contributed by atoms with Crippen LogP contribution in [0.1, 0.15) is 99.9 Å². The van der Waals surface area contributed by atoms with Crippen LogP contribution in [0.2, 0.25) is 78.6 Å². The fraction of sp³-hybridized carbons (Fsp3) is 0.188. The third-order valence-corrected chi connectivity index (χ3v) is 41.5. The lowest BCUT2D eigenvalue weighted by atomic mass is 9.74. The van der Waals surface area contributed by atoms with Crippen LogP contribution in [-0.2, 0) is 21.7 Å². The van der Waals surface area contributed by atoms with Gasteiger partial charge in [-0.3, -0.25) is 0 Å². The van der Waals surface area contributed by atoms with E-state index in [4.69, 9.17) is 8.83 Å². The zero-order chi connectivity index (χ0) is 97.0. The fourth-order valence-electron chi connectivity index (χ4n) is 23.1. The summed E-state index contributed by atoms with van der Waals surface area (Å²) >= 11 is 3.98. The average Bonchev–Trinajstić information content (AvgIpc) is 1.51. The lowest BCUT2D eigenvalue weighted by Crippen LogP contribution is -2.37. The molecule has 4 heterocycles. The number of fused-ring (bicyclic) bond motifs is 20. The van der Waals surface area contributed by atoms with Gasteiger partial charge in [0.1, 0.15) is 11.2 Å². The standard InChI is InChI=1S/C64H58N2O2SSi2.C64H62N2SSi2/c1-63(2)51-37-41(65(39-25-31-43(32-26-39)70(5,6)7)53-21-15-19-47-45-17-11-13-23-55(45)67-59(47)53)29-35-49(51)61-57(63)58-62(69-61)50-36-30-42(38-52(50)64(58,3)4)66(40-27-33-44(34-28-40)71(8,9)10)54-22-16-20-48-46-18-12-14-24-56(46)68-60(48)54;1-63(2)55-41-47(65(45-29-35-49(36-30-45)68(5,6)7)57-27-19-17-25-51(57)43-21-13-11-14-22-43)33-39-53(55)61-59(63)60-62(67-61)54-40-34-48(42-56(54)64(60,3)4)66(46-31-37-50(38-32-46)69(8,9)10)58-28-20-18-26-52(58)44-23-15-12-16-24-44/h11-38H,1-10H3;11-42H,1-10H3. The number of para-hydroxylation sites is 6. The van der Waals surface area contributed by atoms with E-state index in [-0.39, 0.29) is 21.7 Å². The molecule has 0 amide bonds. The van der Waals surface area contributed by atoms with Crippen molar-refractivity contribution in [1.82, 2.24) is 0 Å². The summed E-state index contributed by atoms with van der Waals surface area (Å²) in [6, 6.07) is 136. The molecule has 140 heavy (non-hydrogen) atoms. The number of nitrogens with zero attached hydrogens (tertiary/aromatic N) is 4. The van der Waals surface area contributed by atoms with Gasteiger partial charge >= 0.3 is 0 Å². The zero-order valence-electron chi connectivity index (χ0n) is 84.1. The topological polar surface area (TPSA) is 39.2 Å². The molecule has 12 heteroatoms. The molecule has 0 unspecified atom stereocenters. The van der Waals surface area contributed by atoms with Crippen LogP contribution in [0.5, 0.6) is 0 Å². The van der Waals surface area contributed by atoms with Crippen LogP contribution in [0.3, 0.4) is 0 Å². The molecule has 0 bridgehead atoms. The molecule has 0 saturated heterocycles. The van der Waals surface area contributed by atoms with Crippen LogP contribution in [0, 0.1) is 0 Å². The van der Waals surface area contributed by atoms with E-state index in [0.29, 0.717) is 0 Å². The SMILES string of the molecule is CC1(C)c2cc(N(c3ccc([Si](C)(C)C)cc3)c3cccc4c3oc3ccccc34)ccc2-c2sc3c(c21)C(C)(C)c1cc(N(c2ccc([Si](C)(C)C)cc2)c2cccc4c2oc2ccccc24)ccc1-3.CC1(C)c2cc(N(c3ccc([Si](C)(C)C)cc3)c3ccccc3-c3ccccc3)ccc2-c2sc3c(c21)C(C)(C)c1cc(N(c2ccc([Si](C)(C)C)cc2)c2ccccc2-c2ccccc2)ccc1-3. The first-order valence-corrected chi connectivity index (χ1v) is 65.3. The number of furan rings is 2. The maximum atomic E-state index is 6.74. The molecule has 0 aliphatic heterocycles. The van der Waals surface area contributed by atoms with Gasteiger partial charge < -0.3 is 28.4 Å². The van der Waals surface area contributed by atoms with Gasteiger partial charge in [-0.2, -0.15) is 0 Å². The maximum absolute atomic E-state index is 6.74. The van der Waals surface area contributed by atoms with Crippen LogP contribution in [0.4, 0.5) is 68.2 Å². The van der Waals surface area contributed by atoms with Gasteiger partial charge in [-0.15, -0.1) is 22.7 Å². The second kappa shape index (κ2) is 33.1. The zero-order valence-corrected chi connectivity index (χ0v) is 89.7. The maximum Gasteiger partial charge on any atom is 0.159 e. The van der Waals surface area contributed by atoms with Crippen LogP contribution < -0.4 is 40.3 Å². The Morgan fingerprint density at radius 1 is 0.207 bits per heavy atom. The van der Waals surface area contributed by atoms with Crippen LogP contribution in [0.15, 0.2) is 373 Å². The quantitative estimate of drug-likeness (QED) is 0.0798. The molecule has 0 saturated carbocycles. The number of thiophene rings is 2. The summed E-state index contributed by atoms with van der Waals surface area (Å²) < 4.78 is 13.5. The van der Waals surface area contributed by atoms with E-state index in [1.165, 1.54) is 163 Å². The molecular formula is C128H120N4O2S2Si4. The molecule has 16 aromatic carbocycles. The first kappa shape index (κ1) is 90.4. The number of hydrogen-bond donors (Lipinski definition) is 0. The number of anilines is 12. The van der Waals surface area contributed by atoms with E-state index in [1.807, 2.05) is 22.7 Å². The monoisotopic (exact) mass is 1920 g/mol. The van der Waals surface area contributed by atoms with Crippen molar-refractivity contribution >= 4 is 188 Å². The molecular weight excluding hydrogens is 1800 g/mol. The minimum atomic E-state index is -1.53. The van der Waals surface area contributed by atoms with Crippen molar-refractivity contribution in [3.8, 4) is 64.0 Å². The molecule has 20 aromatic rings. The Bertz CT molecular complexity index is 7850. The summed E-state index contributed by atoms with van der Waals surface area (Å²) in [6.07, 6.45) is 0. The minimum Gasteiger partial charge on any atom is -0.454 e. The van der Waals surface area contributed by atoms with Crippen molar-refractivity contribution in [2.75, 3.05) is 19.6 Å². The molecule has 0 fully saturated rings. The number of hydrogen-bond acceptors (Lipinski definition) is 8. The van der Waals surface area contributed by atoms with Crippen molar-refractivity contribution in [2.45, 2.75) is 156 Å². The van der Waals surface area contributed by atoms with Gasteiger partial charge in [-0.25, -0.2) is 0 Å². The first-order chi connectivity index (χ1) is 67.0. The van der Waals surface area contributed by atoms with Gasteiger partial charge in [0.2, 0.25) is 0 Å². The van der Waals surface area contributed by atoms with Gasteiger partial charge in [0.05, 0.1) is 55.0 Å². The molecule has 0 N–H and O–H groups in total. The van der Waals surface area contributed by atoms with E-state index in [9.17, 15) is 0 Å². The lowest BCUT2D eigenvalue weighted by molar-refractivity contribution is 0.603. The Morgan fingerprint density at radius 3 is 0.714 bits per heavy atom. The van der Waals surface area contributed by atoms with Gasteiger partial charge in [0.15, 0.2) is 11.2 Å². The smallest absolute Gasteiger partial charge is 0.159 e. The van der Waals surface area contributed by atoms with Gasteiger partial charge in [-0.05, 0) is 211 Å². The Morgan fingerprint density at radius 2 is 0.436 bits per heavy atom. The Kier molecular flexibility index (Phi) is 21.4. The van der Waals surface area contributed by atoms with Crippen LogP contribution >= 0.6 is 22.7 Å². The van der Waals surface area contributed by atoms with Crippen molar-refractivity contribution in [3.05, 3.63) is 408 Å². The summed E-state index contributed by atoms with van der Waals surface area (Å²) in [5.41, 5.74) is 37.9. The number of rotatable bonds is 18.